The molecule has 5 nitrogen and oxygen atoms in total. The van der Waals surface area contributed by atoms with Crippen LogP contribution >= 0.6 is 0 Å². The average Bonchev–Trinajstić information content (AvgIpc) is 2.46. The van der Waals surface area contributed by atoms with E-state index in [0.717, 1.165) is 42.8 Å². The lowest BCUT2D eigenvalue weighted by atomic mass is 10.1. The van der Waals surface area contributed by atoms with E-state index in [2.05, 4.69) is 15.2 Å². The van der Waals surface area contributed by atoms with E-state index in [-0.39, 0.29) is 11.1 Å². The summed E-state index contributed by atoms with van der Waals surface area (Å²) in [6, 6.07) is 9.66. The van der Waals surface area contributed by atoms with Crippen LogP contribution in [0.3, 0.4) is 0 Å². The maximum atomic E-state index is 12.0. The second-order valence-corrected chi connectivity index (χ2v) is 4.57. The first-order valence-corrected chi connectivity index (χ1v) is 6.32. The van der Waals surface area contributed by atoms with Crippen LogP contribution in [0.25, 0.3) is 10.9 Å². The van der Waals surface area contributed by atoms with E-state index in [1.54, 1.807) is 0 Å². The van der Waals surface area contributed by atoms with Gasteiger partial charge in [-0.3, -0.25) is 4.79 Å². The smallest absolute Gasteiger partial charge is 0.268 e. The Hall–Kier alpha value is -2.32. The van der Waals surface area contributed by atoms with Gasteiger partial charge in [0.2, 0.25) is 0 Å². The number of pyridine rings is 1. The van der Waals surface area contributed by atoms with Gasteiger partial charge in [-0.05, 0) is 6.07 Å². The molecule has 0 aliphatic carbocycles. The molecule has 0 radical (unpaired) electrons. The first kappa shape index (κ1) is 11.8. The van der Waals surface area contributed by atoms with E-state index in [4.69, 9.17) is 0 Å². The molecular formula is C14H14N4O. The van der Waals surface area contributed by atoms with Crippen molar-refractivity contribution >= 4 is 16.6 Å². The standard InChI is InChI=1S/C14H14N4O/c15-9-11-13(18-7-5-16-6-8-18)10-3-1-2-4-12(10)17-14(11)19/h1-4,16H,5-8H2,(H,17,19). The fraction of sp³-hybridized carbons (Fsp3) is 0.286. The molecule has 1 aliphatic rings. The van der Waals surface area contributed by atoms with Crippen LogP contribution in [0.4, 0.5) is 5.69 Å². The highest BCUT2D eigenvalue weighted by atomic mass is 16.1. The number of hydrogen-bond acceptors (Lipinski definition) is 4. The lowest BCUT2D eigenvalue weighted by molar-refractivity contribution is 0.590. The first-order chi connectivity index (χ1) is 9.31. The molecule has 0 unspecified atom stereocenters. The second-order valence-electron chi connectivity index (χ2n) is 4.57. The first-order valence-electron chi connectivity index (χ1n) is 6.32. The third kappa shape index (κ3) is 1.96. The summed E-state index contributed by atoms with van der Waals surface area (Å²) in [6.07, 6.45) is 0. The highest BCUT2D eigenvalue weighted by Gasteiger charge is 2.19. The Morgan fingerprint density at radius 3 is 2.68 bits per heavy atom. The van der Waals surface area contributed by atoms with Crippen LogP contribution in [0.15, 0.2) is 29.1 Å². The van der Waals surface area contributed by atoms with Crippen molar-refractivity contribution < 1.29 is 0 Å². The van der Waals surface area contributed by atoms with Gasteiger partial charge < -0.3 is 15.2 Å². The Balaban J connectivity index is 2.30. The van der Waals surface area contributed by atoms with Gasteiger partial charge in [0, 0.05) is 31.6 Å². The minimum Gasteiger partial charge on any atom is -0.367 e. The molecule has 0 amide bonds. The summed E-state index contributed by atoms with van der Waals surface area (Å²) in [7, 11) is 0. The maximum absolute atomic E-state index is 12.0. The van der Waals surface area contributed by atoms with Crippen LogP contribution < -0.4 is 15.8 Å². The van der Waals surface area contributed by atoms with Crippen LogP contribution in [0, 0.1) is 11.3 Å². The number of nitrogens with one attached hydrogen (secondary N) is 2. The molecule has 0 bridgehead atoms. The summed E-state index contributed by atoms with van der Waals surface area (Å²) in [5.74, 6) is 0. The molecule has 1 fully saturated rings. The van der Waals surface area contributed by atoms with E-state index in [9.17, 15) is 10.1 Å². The number of nitrogens with zero attached hydrogens (tertiary/aromatic N) is 2. The molecule has 1 aromatic carbocycles. The molecule has 3 rings (SSSR count). The van der Waals surface area contributed by atoms with Gasteiger partial charge in [-0.15, -0.1) is 0 Å². The molecule has 5 heteroatoms. The quantitative estimate of drug-likeness (QED) is 0.790. The number of aromatic amines is 1. The van der Waals surface area contributed by atoms with Gasteiger partial charge in [0.25, 0.3) is 5.56 Å². The summed E-state index contributed by atoms with van der Waals surface area (Å²) in [5, 5.41) is 13.5. The van der Waals surface area contributed by atoms with Crippen molar-refractivity contribution in [2.75, 3.05) is 31.1 Å². The Kier molecular flexibility index (Phi) is 2.94. The number of nitriles is 1. The molecule has 2 N–H and O–H groups in total. The third-order valence-electron chi connectivity index (χ3n) is 3.44. The van der Waals surface area contributed by atoms with Crippen molar-refractivity contribution in [1.82, 2.24) is 10.3 Å². The number of anilines is 1. The van der Waals surface area contributed by atoms with Gasteiger partial charge in [0.1, 0.15) is 11.6 Å². The number of benzene rings is 1. The monoisotopic (exact) mass is 254 g/mol. The summed E-state index contributed by atoms with van der Waals surface area (Å²) >= 11 is 0. The van der Waals surface area contributed by atoms with Gasteiger partial charge in [0.05, 0.1) is 11.2 Å². The molecule has 1 aromatic heterocycles. The zero-order valence-corrected chi connectivity index (χ0v) is 10.4. The van der Waals surface area contributed by atoms with E-state index in [1.165, 1.54) is 0 Å². The Bertz CT molecular complexity index is 707. The van der Waals surface area contributed by atoms with Crippen LogP contribution in [0.5, 0.6) is 0 Å². The van der Waals surface area contributed by atoms with Gasteiger partial charge in [0.15, 0.2) is 0 Å². The van der Waals surface area contributed by atoms with E-state index in [0.29, 0.717) is 0 Å². The third-order valence-corrected chi connectivity index (χ3v) is 3.44. The highest BCUT2D eigenvalue weighted by molar-refractivity contribution is 5.94. The van der Waals surface area contributed by atoms with Crippen LogP contribution in [-0.2, 0) is 0 Å². The molecule has 19 heavy (non-hydrogen) atoms. The number of aromatic nitrogens is 1. The van der Waals surface area contributed by atoms with Crippen molar-refractivity contribution in [3.8, 4) is 6.07 Å². The number of fused-ring (bicyclic) bond motifs is 1. The summed E-state index contributed by atoms with van der Waals surface area (Å²) in [4.78, 5) is 16.9. The van der Waals surface area contributed by atoms with Gasteiger partial charge >= 0.3 is 0 Å². The summed E-state index contributed by atoms with van der Waals surface area (Å²) in [5.41, 5.74) is 1.44. The Labute approximate surface area is 110 Å². The van der Waals surface area contributed by atoms with Crippen molar-refractivity contribution in [3.05, 3.63) is 40.2 Å². The normalized spacial score (nSPS) is 15.4. The van der Waals surface area contributed by atoms with Crippen LogP contribution in [0.2, 0.25) is 0 Å². The Morgan fingerprint density at radius 2 is 1.95 bits per heavy atom. The zero-order chi connectivity index (χ0) is 13.2. The number of H-pyrrole nitrogens is 1. The lowest BCUT2D eigenvalue weighted by Gasteiger charge is -2.30. The average molecular weight is 254 g/mol. The minimum absolute atomic E-state index is 0.209. The predicted molar refractivity (Wildman–Crippen MR) is 74.4 cm³/mol. The molecule has 0 saturated carbocycles. The minimum atomic E-state index is -0.310. The van der Waals surface area contributed by atoms with Gasteiger partial charge in [-0.2, -0.15) is 5.26 Å². The van der Waals surface area contributed by atoms with Crippen molar-refractivity contribution in [2.45, 2.75) is 0 Å². The van der Waals surface area contributed by atoms with Crippen molar-refractivity contribution in [1.29, 1.82) is 5.26 Å². The zero-order valence-electron chi connectivity index (χ0n) is 10.4. The number of piperazine rings is 1. The fourth-order valence-electron chi connectivity index (χ4n) is 2.55. The molecule has 2 aromatic rings. The summed E-state index contributed by atoms with van der Waals surface area (Å²) < 4.78 is 0. The fourth-order valence-corrected chi connectivity index (χ4v) is 2.55. The highest BCUT2D eigenvalue weighted by Crippen LogP contribution is 2.27. The number of hydrogen-bond donors (Lipinski definition) is 2. The SMILES string of the molecule is N#Cc1c(N2CCNCC2)c2ccccc2[nH]c1=O. The van der Waals surface area contributed by atoms with E-state index >= 15 is 0 Å². The van der Waals surface area contributed by atoms with Crippen LogP contribution in [-0.4, -0.2) is 31.2 Å². The van der Waals surface area contributed by atoms with Crippen LogP contribution in [0.1, 0.15) is 5.56 Å². The maximum Gasteiger partial charge on any atom is 0.268 e. The van der Waals surface area contributed by atoms with Gasteiger partial charge in [-0.1, -0.05) is 18.2 Å². The summed E-state index contributed by atoms with van der Waals surface area (Å²) in [6.45, 7) is 3.35. The number of rotatable bonds is 1. The molecule has 1 aliphatic heterocycles. The van der Waals surface area contributed by atoms with E-state index < -0.39 is 0 Å². The molecule has 0 spiro atoms. The van der Waals surface area contributed by atoms with E-state index in [1.807, 2.05) is 30.3 Å². The van der Waals surface area contributed by atoms with Crippen molar-refractivity contribution in [3.63, 3.8) is 0 Å². The molecule has 2 heterocycles. The topological polar surface area (TPSA) is 71.9 Å². The second kappa shape index (κ2) is 4.75. The Morgan fingerprint density at radius 1 is 1.21 bits per heavy atom. The molecule has 1 saturated heterocycles. The molecule has 96 valence electrons. The largest absolute Gasteiger partial charge is 0.367 e. The molecule has 0 atom stereocenters. The lowest BCUT2D eigenvalue weighted by Crippen LogP contribution is -2.44. The van der Waals surface area contributed by atoms with Crippen molar-refractivity contribution in [2.24, 2.45) is 0 Å². The number of para-hydroxylation sites is 1. The van der Waals surface area contributed by atoms with Gasteiger partial charge in [-0.25, -0.2) is 0 Å². The molecular weight excluding hydrogens is 240 g/mol. The predicted octanol–water partition coefficient (Wildman–Crippen LogP) is 0.809.